The number of hydrogen-bond acceptors (Lipinski definition) is 4. The second kappa shape index (κ2) is 6.38. The van der Waals surface area contributed by atoms with Crippen molar-refractivity contribution in [1.82, 2.24) is 9.80 Å². The first-order valence-corrected chi connectivity index (χ1v) is 8.53. The molecule has 0 radical (unpaired) electrons. The summed E-state index contributed by atoms with van der Waals surface area (Å²) < 4.78 is 4.87. The smallest absolute Gasteiger partial charge is 0.248 e. The number of ether oxygens (including phenoxy) is 1. The summed E-state index contributed by atoms with van der Waals surface area (Å²) in [5.41, 5.74) is 0. The van der Waals surface area contributed by atoms with Crippen LogP contribution in [-0.4, -0.2) is 61.5 Å². The highest BCUT2D eigenvalue weighted by molar-refractivity contribution is 7.12. The zero-order valence-electron chi connectivity index (χ0n) is 13.1. The molecule has 0 spiro atoms. The molecule has 6 heteroatoms. The molecule has 5 nitrogen and oxygen atoms in total. The van der Waals surface area contributed by atoms with Gasteiger partial charge in [-0.1, -0.05) is 0 Å². The number of nitrogens with zero attached hydrogens (tertiary/aromatic N) is 2. The summed E-state index contributed by atoms with van der Waals surface area (Å²) in [5.74, 6) is 0.835. The molecule has 2 amide bonds. The highest BCUT2D eigenvalue weighted by atomic mass is 32.1. The van der Waals surface area contributed by atoms with E-state index in [4.69, 9.17) is 4.74 Å². The highest BCUT2D eigenvalue weighted by Gasteiger charge is 2.46. The van der Waals surface area contributed by atoms with Gasteiger partial charge in [0.2, 0.25) is 11.8 Å². The summed E-state index contributed by atoms with van der Waals surface area (Å²) in [5, 5.41) is 0. The van der Waals surface area contributed by atoms with Gasteiger partial charge in [0.1, 0.15) is 6.61 Å². The Morgan fingerprint density at radius 1 is 1.23 bits per heavy atom. The number of hydrogen-bond donors (Lipinski definition) is 0. The van der Waals surface area contributed by atoms with Gasteiger partial charge in [-0.3, -0.25) is 9.59 Å². The third-order valence-corrected chi connectivity index (χ3v) is 5.58. The number of piperazine rings is 1. The van der Waals surface area contributed by atoms with Gasteiger partial charge in [0, 0.05) is 54.9 Å². The van der Waals surface area contributed by atoms with Gasteiger partial charge in [0.25, 0.3) is 0 Å². The SMILES string of the molecule is COCC(=O)N1CCN(C(=O)C2CC2c2ccc(C)s2)CC1. The second-order valence-corrected chi connectivity index (χ2v) is 7.36. The lowest BCUT2D eigenvalue weighted by Gasteiger charge is -2.34. The number of carbonyl (C=O) groups excluding carboxylic acids is 2. The van der Waals surface area contributed by atoms with Crippen molar-refractivity contribution in [3.8, 4) is 0 Å². The van der Waals surface area contributed by atoms with Gasteiger partial charge in [0.15, 0.2) is 0 Å². The average molecular weight is 322 g/mol. The van der Waals surface area contributed by atoms with Crippen molar-refractivity contribution in [2.75, 3.05) is 39.9 Å². The van der Waals surface area contributed by atoms with Crippen LogP contribution in [0.1, 0.15) is 22.1 Å². The Balaban J connectivity index is 1.50. The molecule has 0 aromatic carbocycles. The number of amides is 2. The summed E-state index contributed by atoms with van der Waals surface area (Å²) in [6, 6.07) is 4.28. The molecule has 2 unspecified atom stereocenters. The summed E-state index contributed by atoms with van der Waals surface area (Å²) in [7, 11) is 1.53. The Kier molecular flexibility index (Phi) is 4.49. The Hall–Kier alpha value is -1.40. The van der Waals surface area contributed by atoms with Gasteiger partial charge >= 0.3 is 0 Å². The highest BCUT2D eigenvalue weighted by Crippen LogP contribution is 2.50. The van der Waals surface area contributed by atoms with E-state index in [9.17, 15) is 9.59 Å². The topological polar surface area (TPSA) is 49.9 Å². The molecule has 2 aliphatic rings. The molecule has 2 atom stereocenters. The monoisotopic (exact) mass is 322 g/mol. The fraction of sp³-hybridized carbons (Fsp3) is 0.625. The van der Waals surface area contributed by atoms with Gasteiger partial charge in [-0.25, -0.2) is 0 Å². The molecule has 3 rings (SSSR count). The molecule has 1 saturated carbocycles. The lowest BCUT2D eigenvalue weighted by atomic mass is 10.2. The van der Waals surface area contributed by atoms with Crippen LogP contribution in [0.15, 0.2) is 12.1 Å². The third kappa shape index (κ3) is 3.17. The standard InChI is InChI=1S/C16H22N2O3S/c1-11-3-4-14(22-11)12-9-13(12)16(20)18-7-5-17(6-8-18)15(19)10-21-2/h3-4,12-13H,5-10H2,1-2H3. The Morgan fingerprint density at radius 3 is 2.50 bits per heavy atom. The van der Waals surface area contributed by atoms with Gasteiger partial charge in [0.05, 0.1) is 0 Å². The largest absolute Gasteiger partial charge is 0.375 e. The maximum atomic E-state index is 12.6. The van der Waals surface area contributed by atoms with Crippen LogP contribution in [0.4, 0.5) is 0 Å². The Labute approximate surface area is 134 Å². The molecule has 1 aromatic heterocycles. The lowest BCUT2D eigenvalue weighted by molar-refractivity contribution is -0.142. The van der Waals surface area contributed by atoms with E-state index in [0.717, 1.165) is 6.42 Å². The van der Waals surface area contributed by atoms with E-state index in [1.807, 2.05) is 4.90 Å². The molecule has 2 heterocycles. The number of methoxy groups -OCH3 is 1. The Morgan fingerprint density at radius 2 is 1.91 bits per heavy atom. The normalized spacial score (nSPS) is 24.5. The first kappa shape index (κ1) is 15.5. The molecular weight excluding hydrogens is 300 g/mol. The predicted octanol–water partition coefficient (Wildman–Crippen LogP) is 1.48. The first-order valence-electron chi connectivity index (χ1n) is 7.72. The minimum atomic E-state index is 0.00737. The van der Waals surface area contributed by atoms with Crippen molar-refractivity contribution in [2.45, 2.75) is 19.3 Å². The third-order valence-electron chi connectivity index (χ3n) is 4.45. The molecule has 1 aromatic rings. The molecule has 1 aliphatic heterocycles. The molecule has 2 fully saturated rings. The quantitative estimate of drug-likeness (QED) is 0.844. The van der Waals surface area contributed by atoms with Gasteiger partial charge in [-0.2, -0.15) is 0 Å². The molecule has 120 valence electrons. The number of thiophene rings is 1. The predicted molar refractivity (Wildman–Crippen MR) is 84.9 cm³/mol. The number of aryl methyl sites for hydroxylation is 1. The van der Waals surface area contributed by atoms with Crippen LogP contribution in [0.2, 0.25) is 0 Å². The van der Waals surface area contributed by atoms with E-state index < -0.39 is 0 Å². The fourth-order valence-corrected chi connectivity index (χ4v) is 4.12. The molecule has 1 saturated heterocycles. The summed E-state index contributed by atoms with van der Waals surface area (Å²) in [4.78, 5) is 30.7. The summed E-state index contributed by atoms with van der Waals surface area (Å²) in [6.07, 6.45) is 0.974. The minimum Gasteiger partial charge on any atom is -0.375 e. The van der Waals surface area contributed by atoms with E-state index in [1.54, 1.807) is 16.2 Å². The van der Waals surface area contributed by atoms with Crippen molar-refractivity contribution in [3.05, 3.63) is 21.9 Å². The van der Waals surface area contributed by atoms with Crippen LogP contribution < -0.4 is 0 Å². The fourth-order valence-electron chi connectivity index (χ4n) is 3.06. The minimum absolute atomic E-state index is 0.00737. The Bertz CT molecular complexity index is 563. The number of carbonyl (C=O) groups is 2. The second-order valence-electron chi connectivity index (χ2n) is 6.04. The van der Waals surface area contributed by atoms with Crippen LogP contribution in [0.25, 0.3) is 0 Å². The van der Waals surface area contributed by atoms with E-state index in [0.29, 0.717) is 32.1 Å². The summed E-state index contributed by atoms with van der Waals surface area (Å²) >= 11 is 1.80. The maximum Gasteiger partial charge on any atom is 0.248 e. The molecule has 0 bridgehead atoms. The van der Waals surface area contributed by atoms with E-state index in [2.05, 4.69) is 19.1 Å². The van der Waals surface area contributed by atoms with Crippen molar-refractivity contribution in [3.63, 3.8) is 0 Å². The zero-order valence-corrected chi connectivity index (χ0v) is 13.9. The van der Waals surface area contributed by atoms with Gasteiger partial charge in [-0.15, -0.1) is 11.3 Å². The van der Waals surface area contributed by atoms with Crippen molar-refractivity contribution in [2.24, 2.45) is 5.92 Å². The average Bonchev–Trinajstić information content (AvgIpc) is 3.21. The number of rotatable bonds is 4. The summed E-state index contributed by atoms with van der Waals surface area (Å²) in [6.45, 7) is 4.73. The van der Waals surface area contributed by atoms with Crippen LogP contribution in [0.5, 0.6) is 0 Å². The molecule has 22 heavy (non-hydrogen) atoms. The maximum absolute atomic E-state index is 12.6. The van der Waals surface area contributed by atoms with Crippen molar-refractivity contribution >= 4 is 23.2 Å². The van der Waals surface area contributed by atoms with Gasteiger partial charge < -0.3 is 14.5 Å². The molecular formula is C16H22N2O3S. The lowest BCUT2D eigenvalue weighted by Crippen LogP contribution is -2.51. The van der Waals surface area contributed by atoms with E-state index in [-0.39, 0.29) is 24.3 Å². The molecule has 0 N–H and O–H groups in total. The zero-order chi connectivity index (χ0) is 15.7. The van der Waals surface area contributed by atoms with Gasteiger partial charge in [-0.05, 0) is 25.5 Å². The van der Waals surface area contributed by atoms with E-state index in [1.165, 1.54) is 16.9 Å². The van der Waals surface area contributed by atoms with Crippen LogP contribution in [0, 0.1) is 12.8 Å². The molecule has 1 aliphatic carbocycles. The van der Waals surface area contributed by atoms with Crippen LogP contribution in [-0.2, 0) is 14.3 Å². The van der Waals surface area contributed by atoms with Crippen LogP contribution >= 0.6 is 11.3 Å². The van der Waals surface area contributed by atoms with Crippen LogP contribution in [0.3, 0.4) is 0 Å². The van der Waals surface area contributed by atoms with Crippen molar-refractivity contribution in [1.29, 1.82) is 0 Å². The van der Waals surface area contributed by atoms with E-state index >= 15 is 0 Å². The van der Waals surface area contributed by atoms with Crippen molar-refractivity contribution < 1.29 is 14.3 Å². The first-order chi connectivity index (χ1) is 10.6.